The van der Waals surface area contributed by atoms with E-state index in [-0.39, 0.29) is 10.6 Å². The van der Waals surface area contributed by atoms with Gasteiger partial charge in [-0.1, -0.05) is 22.0 Å². The Hall–Kier alpha value is -0.340. The highest BCUT2D eigenvalue weighted by Gasteiger charge is 2.21. The molecule has 1 aromatic rings. The molecule has 0 fully saturated rings. The van der Waals surface area contributed by atoms with Gasteiger partial charge in [0, 0.05) is 11.4 Å². The number of benzene rings is 1. The molecule has 0 bridgehead atoms. The Morgan fingerprint density at radius 2 is 1.69 bits per heavy atom. The summed E-state index contributed by atoms with van der Waals surface area (Å²) in [5.74, 6) is 0.377. The summed E-state index contributed by atoms with van der Waals surface area (Å²) >= 11 is 9.03. The number of ketones is 1. The van der Waals surface area contributed by atoms with Crippen molar-refractivity contribution in [2.45, 2.75) is 32.5 Å². The minimum absolute atomic E-state index is 0.0804. The van der Waals surface area contributed by atoms with Gasteiger partial charge in [-0.3, -0.25) is 4.79 Å². The van der Waals surface area contributed by atoms with Gasteiger partial charge < -0.3 is 0 Å². The van der Waals surface area contributed by atoms with Crippen LogP contribution < -0.4 is 0 Å². The van der Waals surface area contributed by atoms with Crippen LogP contribution in [-0.2, 0) is 0 Å². The van der Waals surface area contributed by atoms with Crippen molar-refractivity contribution < 1.29 is 4.79 Å². The van der Waals surface area contributed by atoms with E-state index in [2.05, 4.69) is 22.0 Å². The molecule has 0 saturated carbocycles. The van der Waals surface area contributed by atoms with Crippen molar-refractivity contribution in [1.29, 1.82) is 0 Å². The molecule has 0 N–H and O–H groups in total. The lowest BCUT2D eigenvalue weighted by Gasteiger charge is -2.15. The van der Waals surface area contributed by atoms with Crippen LogP contribution in [0, 0.1) is 27.7 Å². The lowest BCUT2D eigenvalue weighted by Crippen LogP contribution is -2.19. The van der Waals surface area contributed by atoms with Crippen LogP contribution in [0.15, 0.2) is 6.07 Å². The van der Waals surface area contributed by atoms with E-state index >= 15 is 0 Å². The van der Waals surface area contributed by atoms with Crippen LogP contribution in [0.3, 0.4) is 0 Å². The average Bonchev–Trinajstić information content (AvgIpc) is 2.25. The Bertz CT molecular complexity index is 400. The first-order valence-corrected chi connectivity index (χ1v) is 6.66. The van der Waals surface area contributed by atoms with Crippen LogP contribution in [0.2, 0.25) is 0 Å². The lowest BCUT2D eigenvalue weighted by atomic mass is 9.91. The molecular formula is C13H16BrClO. The zero-order valence-corrected chi connectivity index (χ0v) is 12.4. The van der Waals surface area contributed by atoms with Gasteiger partial charge in [-0.2, -0.15) is 0 Å². The van der Waals surface area contributed by atoms with Gasteiger partial charge in [0.2, 0.25) is 0 Å². The van der Waals surface area contributed by atoms with E-state index in [4.69, 9.17) is 11.6 Å². The van der Waals surface area contributed by atoms with Gasteiger partial charge in [0.1, 0.15) is 0 Å². The number of hydrogen-bond donors (Lipinski definition) is 0. The number of rotatable bonds is 3. The van der Waals surface area contributed by atoms with Gasteiger partial charge in [0.15, 0.2) is 5.78 Å². The molecule has 1 rings (SSSR count). The molecule has 0 aliphatic heterocycles. The molecule has 1 aromatic carbocycles. The van der Waals surface area contributed by atoms with Crippen LogP contribution in [0.25, 0.3) is 0 Å². The van der Waals surface area contributed by atoms with Gasteiger partial charge >= 0.3 is 0 Å². The predicted octanol–water partition coefficient (Wildman–Crippen LogP) is 4.11. The molecule has 3 heteroatoms. The highest BCUT2D eigenvalue weighted by atomic mass is 79.9. The van der Waals surface area contributed by atoms with E-state index in [1.165, 1.54) is 0 Å². The Kier molecular flexibility index (Phi) is 4.57. The topological polar surface area (TPSA) is 17.1 Å². The Morgan fingerprint density at radius 3 is 2.06 bits per heavy atom. The van der Waals surface area contributed by atoms with Crippen molar-refractivity contribution in [2.24, 2.45) is 0 Å². The van der Waals surface area contributed by atoms with Crippen molar-refractivity contribution in [1.82, 2.24) is 0 Å². The molecule has 1 atom stereocenters. The van der Waals surface area contributed by atoms with Crippen LogP contribution in [-0.4, -0.2) is 16.5 Å². The normalized spacial score (nSPS) is 12.6. The maximum atomic E-state index is 12.2. The molecule has 16 heavy (non-hydrogen) atoms. The number of hydrogen-bond acceptors (Lipinski definition) is 1. The van der Waals surface area contributed by atoms with Crippen molar-refractivity contribution >= 4 is 33.3 Å². The second-order valence-electron chi connectivity index (χ2n) is 4.12. The first kappa shape index (κ1) is 13.7. The number of alkyl halides is 2. The lowest BCUT2D eigenvalue weighted by molar-refractivity contribution is 0.0995. The van der Waals surface area contributed by atoms with Crippen molar-refractivity contribution in [3.63, 3.8) is 0 Å². The number of Topliss-reactive ketones (excluding diaryl/α,β-unsaturated/α-hetero) is 1. The van der Waals surface area contributed by atoms with E-state index in [0.717, 1.165) is 27.8 Å². The summed E-state index contributed by atoms with van der Waals surface area (Å²) in [6.07, 6.45) is 0. The monoisotopic (exact) mass is 302 g/mol. The zero-order valence-electron chi connectivity index (χ0n) is 10.0. The molecule has 1 nitrogen and oxygen atoms in total. The summed E-state index contributed by atoms with van der Waals surface area (Å²) in [5.41, 5.74) is 5.24. The molecule has 0 radical (unpaired) electrons. The molecule has 0 spiro atoms. The van der Waals surface area contributed by atoms with E-state index in [1.54, 1.807) is 0 Å². The van der Waals surface area contributed by atoms with Crippen molar-refractivity contribution in [3.05, 3.63) is 33.9 Å². The summed E-state index contributed by atoms with van der Waals surface area (Å²) in [4.78, 5) is 11.9. The van der Waals surface area contributed by atoms with Crippen LogP contribution in [0.5, 0.6) is 0 Å². The minimum Gasteiger partial charge on any atom is -0.293 e. The third-order valence-corrected chi connectivity index (χ3v) is 4.45. The highest BCUT2D eigenvalue weighted by molar-refractivity contribution is 9.10. The number of carbonyl (C=O) groups excluding carboxylic acids is 1. The maximum absolute atomic E-state index is 12.2. The highest BCUT2D eigenvalue weighted by Crippen LogP contribution is 2.24. The fraction of sp³-hybridized carbons (Fsp3) is 0.462. The van der Waals surface area contributed by atoms with Crippen LogP contribution >= 0.6 is 27.5 Å². The summed E-state index contributed by atoms with van der Waals surface area (Å²) in [6.45, 7) is 8.04. The quantitative estimate of drug-likeness (QED) is 0.607. The Balaban J connectivity index is 3.38. The molecule has 0 aliphatic rings. The van der Waals surface area contributed by atoms with E-state index in [9.17, 15) is 4.79 Å². The second-order valence-corrected chi connectivity index (χ2v) is 5.54. The largest absolute Gasteiger partial charge is 0.293 e. The number of halogens is 2. The number of aryl methyl sites for hydroxylation is 2. The van der Waals surface area contributed by atoms with Gasteiger partial charge in [0.05, 0.1) is 4.83 Å². The van der Waals surface area contributed by atoms with E-state index in [1.807, 2.05) is 27.7 Å². The Morgan fingerprint density at radius 1 is 1.25 bits per heavy atom. The SMILES string of the molecule is Cc1cc(C)c(C)c(C(=O)C(Br)CCl)c1C. The maximum Gasteiger partial charge on any atom is 0.178 e. The summed E-state index contributed by atoms with van der Waals surface area (Å²) in [5, 5.41) is 0. The molecule has 1 unspecified atom stereocenters. The van der Waals surface area contributed by atoms with E-state index < -0.39 is 0 Å². The van der Waals surface area contributed by atoms with Crippen LogP contribution in [0.4, 0.5) is 0 Å². The molecule has 88 valence electrons. The average molecular weight is 304 g/mol. The number of carbonyl (C=O) groups is 1. The predicted molar refractivity (Wildman–Crippen MR) is 73.2 cm³/mol. The second kappa shape index (κ2) is 5.33. The summed E-state index contributed by atoms with van der Waals surface area (Å²) < 4.78 is 0. The summed E-state index contributed by atoms with van der Waals surface area (Å²) in [6, 6.07) is 2.12. The minimum atomic E-state index is -0.298. The fourth-order valence-corrected chi connectivity index (χ4v) is 2.18. The van der Waals surface area contributed by atoms with Gasteiger partial charge in [-0.25, -0.2) is 0 Å². The van der Waals surface area contributed by atoms with Gasteiger partial charge in [-0.15, -0.1) is 11.6 Å². The van der Waals surface area contributed by atoms with Crippen LogP contribution in [0.1, 0.15) is 32.6 Å². The smallest absolute Gasteiger partial charge is 0.178 e. The molecule has 0 saturated heterocycles. The molecule has 0 amide bonds. The van der Waals surface area contributed by atoms with Gasteiger partial charge in [0.25, 0.3) is 0 Å². The zero-order chi connectivity index (χ0) is 12.5. The third kappa shape index (κ3) is 2.49. The molecule has 0 aromatic heterocycles. The van der Waals surface area contributed by atoms with Crippen molar-refractivity contribution in [2.75, 3.05) is 5.88 Å². The summed E-state index contributed by atoms with van der Waals surface area (Å²) in [7, 11) is 0. The first-order chi connectivity index (χ1) is 7.40. The Labute approximate surface area is 110 Å². The van der Waals surface area contributed by atoms with Crippen molar-refractivity contribution in [3.8, 4) is 0 Å². The standard InChI is InChI=1S/C13H16BrClO/c1-7-5-8(2)10(4)12(9(7)3)13(16)11(14)6-15/h5,11H,6H2,1-4H3. The molecular weight excluding hydrogens is 287 g/mol. The van der Waals surface area contributed by atoms with E-state index in [0.29, 0.717) is 5.88 Å². The van der Waals surface area contributed by atoms with Gasteiger partial charge in [-0.05, 0) is 49.9 Å². The molecule has 0 heterocycles. The fourth-order valence-electron chi connectivity index (χ4n) is 1.81. The first-order valence-electron chi connectivity index (χ1n) is 5.21. The molecule has 0 aliphatic carbocycles. The third-order valence-electron chi connectivity index (χ3n) is 3.03.